The van der Waals surface area contributed by atoms with Crippen molar-refractivity contribution in [3.8, 4) is 11.3 Å². The van der Waals surface area contributed by atoms with Crippen molar-refractivity contribution >= 4 is 98.0 Å². The number of nitrogens with one attached hydrogen (secondary N) is 4. The van der Waals surface area contributed by atoms with Gasteiger partial charge in [0.2, 0.25) is 0 Å². The molecule has 0 aliphatic rings. The average Bonchev–Trinajstić information content (AvgIpc) is 3.41. The van der Waals surface area contributed by atoms with E-state index in [2.05, 4.69) is 66.1 Å². The van der Waals surface area contributed by atoms with Crippen LogP contribution in [0.25, 0.3) is 11.3 Å². The molecule has 0 saturated heterocycles. The fourth-order valence-corrected chi connectivity index (χ4v) is 6.53. The number of aromatic amines is 1. The number of H-pyrrole nitrogens is 1. The minimum absolute atomic E-state index is 0.161. The predicted molar refractivity (Wildman–Crippen MR) is 193 cm³/mol. The SMILES string of the molecule is O=C(NCc1cc(Cl)ccc1SCI)N[C@@H](Cc1ccccc1)c1nc(-c2ccc(NC(=O)OCCOCI)cc2)c(Cl)[nH]1. The molecule has 3 amide bonds. The minimum Gasteiger partial charge on any atom is -0.447 e. The quantitative estimate of drug-likeness (QED) is 0.0437. The van der Waals surface area contributed by atoms with Gasteiger partial charge in [0.15, 0.2) is 0 Å². The van der Waals surface area contributed by atoms with E-state index in [0.717, 1.165) is 25.3 Å². The molecule has 0 radical (unpaired) electrons. The summed E-state index contributed by atoms with van der Waals surface area (Å²) in [6, 6.07) is 21.7. The van der Waals surface area contributed by atoms with Crippen molar-refractivity contribution in [1.82, 2.24) is 20.6 Å². The van der Waals surface area contributed by atoms with Crippen LogP contribution in [-0.4, -0.2) is 43.7 Å². The number of imidazole rings is 1. The molecule has 4 rings (SSSR count). The maximum Gasteiger partial charge on any atom is 0.411 e. The summed E-state index contributed by atoms with van der Waals surface area (Å²) >= 11 is 18.9. The molecule has 1 heterocycles. The first-order valence-electron chi connectivity index (χ1n) is 13.3. The lowest BCUT2D eigenvalue weighted by molar-refractivity contribution is 0.104. The van der Waals surface area contributed by atoms with Gasteiger partial charge in [-0.1, -0.05) is 111 Å². The molecule has 0 aliphatic carbocycles. The molecule has 0 unspecified atom stereocenters. The van der Waals surface area contributed by atoms with Gasteiger partial charge in [0.05, 0.1) is 21.0 Å². The topological polar surface area (TPSA) is 117 Å². The van der Waals surface area contributed by atoms with Crippen molar-refractivity contribution in [2.45, 2.75) is 23.9 Å². The number of thioether (sulfide) groups is 1. The Labute approximate surface area is 297 Å². The van der Waals surface area contributed by atoms with Gasteiger partial charge in [0.1, 0.15) is 23.3 Å². The van der Waals surface area contributed by atoms with E-state index in [1.165, 1.54) is 0 Å². The Balaban J connectivity index is 1.46. The van der Waals surface area contributed by atoms with E-state index in [4.69, 9.17) is 37.7 Å². The third-order valence-corrected chi connectivity index (χ3v) is 8.91. The second kappa shape index (κ2) is 18.0. The zero-order valence-electron chi connectivity index (χ0n) is 23.2. The highest BCUT2D eigenvalue weighted by molar-refractivity contribution is 14.1. The molecule has 232 valence electrons. The lowest BCUT2D eigenvalue weighted by atomic mass is 10.1. The molecule has 4 aromatic rings. The molecule has 14 heteroatoms. The summed E-state index contributed by atoms with van der Waals surface area (Å²) in [6.07, 6.45) is -0.0864. The zero-order chi connectivity index (χ0) is 31.3. The van der Waals surface area contributed by atoms with E-state index in [9.17, 15) is 9.59 Å². The Bertz CT molecular complexity index is 1530. The summed E-state index contributed by atoms with van der Waals surface area (Å²) in [7, 11) is 0. The Morgan fingerprint density at radius 2 is 1.77 bits per heavy atom. The molecule has 0 fully saturated rings. The number of rotatable bonds is 14. The molecular weight excluding hydrogens is 851 g/mol. The zero-order valence-corrected chi connectivity index (χ0v) is 29.9. The van der Waals surface area contributed by atoms with Gasteiger partial charge in [-0.2, -0.15) is 0 Å². The van der Waals surface area contributed by atoms with Gasteiger partial charge in [0, 0.05) is 27.7 Å². The summed E-state index contributed by atoms with van der Waals surface area (Å²) < 4.78 is 11.7. The molecule has 1 atom stereocenters. The number of urea groups is 1. The number of aromatic nitrogens is 2. The van der Waals surface area contributed by atoms with Crippen molar-refractivity contribution in [3.63, 3.8) is 0 Å². The normalized spacial score (nSPS) is 11.5. The second-order valence-electron chi connectivity index (χ2n) is 9.22. The van der Waals surface area contributed by atoms with Gasteiger partial charge < -0.3 is 25.1 Å². The number of carbonyl (C=O) groups excluding carboxylic acids is 2. The standard InChI is InChI=1S/C30H29Cl2I2N5O4S/c31-22-8-11-25(44-18-34)21(15-22)16-35-29(40)37-24(14-19-4-2-1-3-5-19)28-38-26(27(32)39-28)20-6-9-23(10-7-20)36-30(41)43-13-12-42-17-33/h1-11,15,24H,12-14,16-18H2,(H,36,41)(H,38,39)(H2,35,37,40)/t24-/m0/s1. The molecule has 9 nitrogen and oxygen atoms in total. The summed E-state index contributed by atoms with van der Waals surface area (Å²) in [5, 5.41) is 9.62. The maximum atomic E-state index is 13.1. The minimum atomic E-state index is -0.571. The first kappa shape index (κ1) is 34.6. The number of ether oxygens (including phenoxy) is 2. The molecule has 0 spiro atoms. The molecule has 0 bridgehead atoms. The fraction of sp³-hybridized carbons (Fsp3) is 0.233. The van der Waals surface area contributed by atoms with Crippen LogP contribution in [0.4, 0.5) is 15.3 Å². The number of anilines is 1. The van der Waals surface area contributed by atoms with E-state index in [1.54, 1.807) is 36.0 Å². The number of carbonyl (C=O) groups is 2. The first-order chi connectivity index (χ1) is 21.4. The van der Waals surface area contributed by atoms with Crippen LogP contribution in [0, 0.1) is 0 Å². The van der Waals surface area contributed by atoms with Gasteiger partial charge in [-0.25, -0.2) is 14.6 Å². The maximum absolute atomic E-state index is 13.1. The van der Waals surface area contributed by atoms with Crippen LogP contribution in [0.5, 0.6) is 0 Å². The van der Waals surface area contributed by atoms with Gasteiger partial charge in [-0.15, -0.1) is 11.8 Å². The highest BCUT2D eigenvalue weighted by atomic mass is 127. The van der Waals surface area contributed by atoms with Crippen LogP contribution in [0.2, 0.25) is 10.2 Å². The molecule has 44 heavy (non-hydrogen) atoms. The van der Waals surface area contributed by atoms with Crippen molar-refractivity contribution in [1.29, 1.82) is 0 Å². The van der Waals surface area contributed by atoms with Crippen LogP contribution in [0.1, 0.15) is 23.0 Å². The monoisotopic (exact) mass is 879 g/mol. The van der Waals surface area contributed by atoms with E-state index in [-0.39, 0.29) is 12.6 Å². The Kier molecular flexibility index (Phi) is 14.2. The van der Waals surface area contributed by atoms with Crippen molar-refractivity contribution in [3.05, 3.63) is 99.9 Å². The first-order valence-corrected chi connectivity index (χ1v) is 18.1. The smallest absolute Gasteiger partial charge is 0.411 e. The lowest BCUT2D eigenvalue weighted by Crippen LogP contribution is -2.38. The number of nitrogens with zero attached hydrogens (tertiary/aromatic N) is 1. The Morgan fingerprint density at radius 1 is 1.00 bits per heavy atom. The third-order valence-electron chi connectivity index (χ3n) is 6.21. The molecule has 0 aliphatic heterocycles. The third kappa shape index (κ3) is 10.7. The Hall–Kier alpha value is -2.24. The fourth-order valence-electron chi connectivity index (χ4n) is 4.18. The summed E-state index contributed by atoms with van der Waals surface area (Å²) in [5.74, 6) is 0.507. The largest absolute Gasteiger partial charge is 0.447 e. The molecule has 0 saturated carbocycles. The predicted octanol–water partition coefficient (Wildman–Crippen LogP) is 8.61. The van der Waals surface area contributed by atoms with Crippen LogP contribution in [0.15, 0.2) is 77.7 Å². The van der Waals surface area contributed by atoms with Crippen LogP contribution >= 0.6 is 80.1 Å². The van der Waals surface area contributed by atoms with Gasteiger partial charge in [-0.05, 0) is 47.9 Å². The van der Waals surface area contributed by atoms with Gasteiger partial charge in [0.25, 0.3) is 0 Å². The number of amides is 3. The Morgan fingerprint density at radius 3 is 2.50 bits per heavy atom. The van der Waals surface area contributed by atoms with Crippen LogP contribution in [-0.2, 0) is 22.4 Å². The van der Waals surface area contributed by atoms with Gasteiger partial charge >= 0.3 is 12.1 Å². The summed E-state index contributed by atoms with van der Waals surface area (Å²) in [6.45, 7) is 0.805. The van der Waals surface area contributed by atoms with Crippen LogP contribution < -0.4 is 16.0 Å². The van der Waals surface area contributed by atoms with E-state index >= 15 is 0 Å². The number of hydrogen-bond donors (Lipinski definition) is 4. The summed E-state index contributed by atoms with van der Waals surface area (Å²) in [4.78, 5) is 34.1. The van der Waals surface area contributed by atoms with E-state index < -0.39 is 12.1 Å². The van der Waals surface area contributed by atoms with Gasteiger partial charge in [-0.3, -0.25) is 5.32 Å². The molecule has 3 aromatic carbocycles. The number of alkyl halides is 2. The highest BCUT2D eigenvalue weighted by Crippen LogP contribution is 2.30. The number of benzene rings is 3. The molecular formula is C30H29Cl2I2N5O4S. The summed E-state index contributed by atoms with van der Waals surface area (Å²) in [5.41, 5.74) is 3.77. The number of halogens is 4. The van der Waals surface area contributed by atoms with Crippen molar-refractivity contribution in [2.75, 3.05) is 26.9 Å². The highest BCUT2D eigenvalue weighted by Gasteiger charge is 2.22. The van der Waals surface area contributed by atoms with Crippen molar-refractivity contribution < 1.29 is 19.1 Å². The van der Waals surface area contributed by atoms with E-state index in [0.29, 0.717) is 51.6 Å². The van der Waals surface area contributed by atoms with Crippen LogP contribution in [0.3, 0.4) is 0 Å². The lowest BCUT2D eigenvalue weighted by Gasteiger charge is -2.18. The van der Waals surface area contributed by atoms with Crippen molar-refractivity contribution in [2.24, 2.45) is 0 Å². The molecule has 1 aromatic heterocycles. The number of hydrogen-bond acceptors (Lipinski definition) is 6. The average molecular weight is 880 g/mol. The second-order valence-corrected chi connectivity index (χ2v) is 13.5. The van der Waals surface area contributed by atoms with E-state index in [1.807, 2.05) is 48.5 Å². The molecule has 4 N–H and O–H groups in total.